The third-order valence-corrected chi connectivity index (χ3v) is 5.55. The topological polar surface area (TPSA) is 61.9 Å². The van der Waals surface area contributed by atoms with Gasteiger partial charge in [0.15, 0.2) is 0 Å². The predicted molar refractivity (Wildman–Crippen MR) is 111 cm³/mol. The van der Waals surface area contributed by atoms with Crippen LogP contribution in [-0.2, 0) is 22.1 Å². The number of alkyl halides is 3. The summed E-state index contributed by atoms with van der Waals surface area (Å²) < 4.78 is 46.4. The van der Waals surface area contributed by atoms with Gasteiger partial charge in [0.1, 0.15) is 0 Å². The molecule has 1 N–H and O–H groups in total. The van der Waals surface area contributed by atoms with Crippen molar-refractivity contribution in [1.82, 2.24) is 0 Å². The molecule has 0 spiro atoms. The second-order valence-corrected chi connectivity index (χ2v) is 7.55. The average molecular weight is 433 g/mol. The highest BCUT2D eigenvalue weighted by Gasteiger charge is 2.35. The Morgan fingerprint density at radius 1 is 1.03 bits per heavy atom. The molecule has 0 atom stereocenters. The molecule has 2 aromatic rings. The van der Waals surface area contributed by atoms with E-state index in [4.69, 9.17) is 4.74 Å². The Morgan fingerprint density at radius 2 is 1.77 bits per heavy atom. The van der Waals surface area contributed by atoms with Gasteiger partial charge in [-0.15, -0.1) is 0 Å². The van der Waals surface area contributed by atoms with E-state index in [1.54, 1.807) is 23.1 Å². The van der Waals surface area contributed by atoms with Crippen LogP contribution < -0.4 is 15.1 Å². The monoisotopic (exact) mass is 433 g/mol. The van der Waals surface area contributed by atoms with Crippen molar-refractivity contribution in [3.05, 3.63) is 53.1 Å². The Kier molecular flexibility index (Phi) is 5.62. The molecule has 0 unspecified atom stereocenters. The minimum absolute atomic E-state index is 0.0915. The molecular weight excluding hydrogens is 411 g/mol. The molecule has 31 heavy (non-hydrogen) atoms. The third kappa shape index (κ3) is 4.36. The van der Waals surface area contributed by atoms with Gasteiger partial charge in [-0.1, -0.05) is 0 Å². The highest BCUT2D eigenvalue weighted by molar-refractivity contribution is 6.05. The lowest BCUT2D eigenvalue weighted by atomic mass is 10.1. The zero-order valence-electron chi connectivity index (χ0n) is 17.0. The number of anilines is 3. The maximum Gasteiger partial charge on any atom is 0.418 e. The fourth-order valence-electron chi connectivity index (χ4n) is 3.96. The molecule has 2 aliphatic heterocycles. The first kappa shape index (κ1) is 21.2. The van der Waals surface area contributed by atoms with Crippen molar-refractivity contribution in [2.75, 3.05) is 48.0 Å². The molecule has 0 saturated carbocycles. The van der Waals surface area contributed by atoms with Crippen LogP contribution in [0.25, 0.3) is 0 Å². The van der Waals surface area contributed by atoms with Crippen molar-refractivity contribution in [3.63, 3.8) is 0 Å². The first-order chi connectivity index (χ1) is 14.7. The summed E-state index contributed by atoms with van der Waals surface area (Å²) in [4.78, 5) is 27.8. The molecule has 6 nitrogen and oxygen atoms in total. The molecular formula is C22H22F3N3O3. The summed E-state index contributed by atoms with van der Waals surface area (Å²) in [5.74, 6) is -0.722. The highest BCUT2D eigenvalue weighted by Crippen LogP contribution is 2.38. The number of carbonyl (C=O) groups is 2. The molecule has 0 bridgehead atoms. The molecule has 0 aromatic heterocycles. The molecule has 1 saturated heterocycles. The molecule has 0 aliphatic carbocycles. The summed E-state index contributed by atoms with van der Waals surface area (Å²) in [5.41, 5.74) is 1.05. The second-order valence-electron chi connectivity index (χ2n) is 7.55. The van der Waals surface area contributed by atoms with Gasteiger partial charge in [-0.05, 0) is 48.4 Å². The largest absolute Gasteiger partial charge is 0.418 e. The van der Waals surface area contributed by atoms with Crippen LogP contribution in [0.1, 0.15) is 28.4 Å². The Bertz CT molecular complexity index is 1020. The molecule has 2 aromatic carbocycles. The zero-order chi connectivity index (χ0) is 22.2. The summed E-state index contributed by atoms with van der Waals surface area (Å²) >= 11 is 0. The molecule has 164 valence electrons. The first-order valence-corrected chi connectivity index (χ1v) is 10.0. The lowest BCUT2D eigenvalue weighted by Crippen LogP contribution is -2.36. The normalized spacial score (nSPS) is 16.3. The zero-order valence-corrected chi connectivity index (χ0v) is 17.0. The van der Waals surface area contributed by atoms with Crippen LogP contribution in [0, 0.1) is 0 Å². The van der Waals surface area contributed by atoms with Crippen LogP contribution in [0.15, 0.2) is 36.4 Å². The maximum absolute atomic E-state index is 13.7. The number of rotatable bonds is 3. The molecule has 0 radical (unpaired) electrons. The smallest absolute Gasteiger partial charge is 0.378 e. The van der Waals surface area contributed by atoms with Gasteiger partial charge in [0.05, 0.1) is 24.5 Å². The number of hydrogen-bond donors (Lipinski definition) is 1. The van der Waals surface area contributed by atoms with E-state index in [0.717, 1.165) is 17.3 Å². The number of ether oxygens (including phenoxy) is 1. The highest BCUT2D eigenvalue weighted by atomic mass is 19.4. The van der Waals surface area contributed by atoms with E-state index >= 15 is 0 Å². The number of nitrogens with one attached hydrogen (secondary N) is 1. The van der Waals surface area contributed by atoms with Crippen molar-refractivity contribution < 1.29 is 27.5 Å². The number of hydrogen-bond acceptors (Lipinski definition) is 4. The molecule has 2 heterocycles. The minimum atomic E-state index is -4.62. The standard InChI is InChI=1S/C22H22F3N3O3/c1-14(29)28-7-6-15-12-16(2-5-20(15)28)21(30)26-19-4-3-17(13-18(19)22(23,24)25)27-8-10-31-11-9-27/h2-5,12-13H,6-11H2,1H3,(H,26,30). The van der Waals surface area contributed by atoms with Gasteiger partial charge in [-0.25, -0.2) is 0 Å². The van der Waals surface area contributed by atoms with Crippen molar-refractivity contribution in [3.8, 4) is 0 Å². The van der Waals surface area contributed by atoms with Crippen LogP contribution in [-0.4, -0.2) is 44.7 Å². The first-order valence-electron chi connectivity index (χ1n) is 10.0. The quantitative estimate of drug-likeness (QED) is 0.802. The third-order valence-electron chi connectivity index (χ3n) is 5.55. The van der Waals surface area contributed by atoms with Crippen LogP contribution >= 0.6 is 0 Å². The number of halogens is 3. The van der Waals surface area contributed by atoms with Gasteiger partial charge in [0.25, 0.3) is 5.91 Å². The van der Waals surface area contributed by atoms with Crippen molar-refractivity contribution in [2.45, 2.75) is 19.5 Å². The van der Waals surface area contributed by atoms with E-state index in [0.29, 0.717) is 45.0 Å². The number of fused-ring (bicyclic) bond motifs is 1. The van der Waals surface area contributed by atoms with E-state index in [1.807, 2.05) is 4.90 Å². The lowest BCUT2D eigenvalue weighted by Gasteiger charge is -2.29. The van der Waals surface area contributed by atoms with E-state index in [2.05, 4.69) is 5.32 Å². The molecule has 9 heteroatoms. The maximum atomic E-state index is 13.7. The van der Waals surface area contributed by atoms with Crippen molar-refractivity contribution in [1.29, 1.82) is 0 Å². The van der Waals surface area contributed by atoms with E-state index in [-0.39, 0.29) is 17.2 Å². The molecule has 2 aliphatic rings. The number of nitrogens with zero attached hydrogens (tertiary/aromatic N) is 2. The molecule has 1 fully saturated rings. The SMILES string of the molecule is CC(=O)N1CCc2cc(C(=O)Nc3ccc(N4CCOCC4)cc3C(F)(F)F)ccc21. The lowest BCUT2D eigenvalue weighted by molar-refractivity contribution is -0.136. The van der Waals surface area contributed by atoms with Gasteiger partial charge >= 0.3 is 6.18 Å². The van der Waals surface area contributed by atoms with Crippen LogP contribution in [0.5, 0.6) is 0 Å². The van der Waals surface area contributed by atoms with E-state index in [9.17, 15) is 22.8 Å². The number of carbonyl (C=O) groups excluding carboxylic acids is 2. The average Bonchev–Trinajstić information content (AvgIpc) is 3.17. The minimum Gasteiger partial charge on any atom is -0.378 e. The second kappa shape index (κ2) is 8.22. The predicted octanol–water partition coefficient (Wildman–Crippen LogP) is 3.70. The fraction of sp³-hybridized carbons (Fsp3) is 0.364. The van der Waals surface area contributed by atoms with E-state index < -0.39 is 17.6 Å². The number of amides is 2. The summed E-state index contributed by atoms with van der Waals surface area (Å²) in [6.45, 7) is 3.93. The van der Waals surface area contributed by atoms with E-state index in [1.165, 1.54) is 19.1 Å². The van der Waals surface area contributed by atoms with Gasteiger partial charge in [0, 0.05) is 43.5 Å². The summed E-state index contributed by atoms with van der Waals surface area (Å²) in [7, 11) is 0. The molecule has 4 rings (SSSR count). The Labute approximate surface area is 177 Å². The Morgan fingerprint density at radius 3 is 2.45 bits per heavy atom. The summed E-state index contributed by atoms with van der Waals surface area (Å²) in [6.07, 6.45) is -4.02. The number of benzene rings is 2. The van der Waals surface area contributed by atoms with Gasteiger partial charge < -0.3 is 19.9 Å². The molecule has 2 amide bonds. The summed E-state index contributed by atoms with van der Waals surface area (Å²) in [5, 5.41) is 2.41. The van der Waals surface area contributed by atoms with Gasteiger partial charge in [-0.2, -0.15) is 13.2 Å². The van der Waals surface area contributed by atoms with Crippen LogP contribution in [0.2, 0.25) is 0 Å². The van der Waals surface area contributed by atoms with Crippen molar-refractivity contribution >= 4 is 28.9 Å². The van der Waals surface area contributed by atoms with Gasteiger partial charge in [0.2, 0.25) is 5.91 Å². The Hall–Kier alpha value is -3.07. The Balaban J connectivity index is 1.58. The summed E-state index contributed by atoms with van der Waals surface area (Å²) in [6, 6.07) is 8.73. The van der Waals surface area contributed by atoms with Crippen LogP contribution in [0.4, 0.5) is 30.2 Å². The number of morpholine rings is 1. The fourth-order valence-corrected chi connectivity index (χ4v) is 3.96. The van der Waals surface area contributed by atoms with Crippen molar-refractivity contribution in [2.24, 2.45) is 0 Å². The van der Waals surface area contributed by atoms with Crippen LogP contribution in [0.3, 0.4) is 0 Å². The van der Waals surface area contributed by atoms with Gasteiger partial charge in [-0.3, -0.25) is 9.59 Å².